The largest absolute Gasteiger partial charge is 0.493 e. The van der Waals surface area contributed by atoms with Crippen molar-refractivity contribution in [3.05, 3.63) is 59.7 Å². The second kappa shape index (κ2) is 13.5. The molecule has 180 valence electrons. The molecular formula is C27H38N2O4. The zero-order chi connectivity index (χ0) is 24.2. The molecule has 0 saturated carbocycles. The SMILES string of the molecule is CC[C@H](C(=O)N[C@@H](C)CC)N(CCc1ccccc1)C(=O)CCc1ccc(OC)c(OC)c1. The minimum atomic E-state index is -0.486. The van der Waals surface area contributed by atoms with Gasteiger partial charge in [-0.15, -0.1) is 0 Å². The first-order valence-corrected chi connectivity index (χ1v) is 11.8. The van der Waals surface area contributed by atoms with Gasteiger partial charge in [0.15, 0.2) is 11.5 Å². The van der Waals surface area contributed by atoms with E-state index in [1.54, 1.807) is 19.1 Å². The molecule has 0 spiro atoms. The van der Waals surface area contributed by atoms with E-state index in [-0.39, 0.29) is 17.9 Å². The van der Waals surface area contributed by atoms with E-state index in [0.29, 0.717) is 43.7 Å². The average Bonchev–Trinajstić information content (AvgIpc) is 2.85. The van der Waals surface area contributed by atoms with Crippen LogP contribution in [0.2, 0.25) is 0 Å². The Labute approximate surface area is 198 Å². The Morgan fingerprint density at radius 3 is 2.21 bits per heavy atom. The number of hydrogen-bond acceptors (Lipinski definition) is 4. The maximum atomic E-state index is 13.4. The van der Waals surface area contributed by atoms with Crippen LogP contribution in [0, 0.1) is 0 Å². The maximum Gasteiger partial charge on any atom is 0.243 e. The molecule has 0 radical (unpaired) electrons. The summed E-state index contributed by atoms with van der Waals surface area (Å²) in [5.74, 6) is 1.19. The predicted octanol–water partition coefficient (Wildman–Crippen LogP) is 4.40. The van der Waals surface area contributed by atoms with Crippen LogP contribution in [0.4, 0.5) is 0 Å². The van der Waals surface area contributed by atoms with Crippen LogP contribution in [0.5, 0.6) is 11.5 Å². The fourth-order valence-electron chi connectivity index (χ4n) is 3.77. The Hall–Kier alpha value is -3.02. The first-order chi connectivity index (χ1) is 15.9. The summed E-state index contributed by atoms with van der Waals surface area (Å²) in [5, 5.41) is 3.05. The van der Waals surface area contributed by atoms with Crippen molar-refractivity contribution in [3.63, 3.8) is 0 Å². The molecule has 0 aliphatic carbocycles. The molecule has 6 heteroatoms. The fraction of sp³-hybridized carbons (Fsp3) is 0.481. The van der Waals surface area contributed by atoms with Crippen molar-refractivity contribution in [1.29, 1.82) is 0 Å². The van der Waals surface area contributed by atoms with Crippen molar-refractivity contribution < 1.29 is 19.1 Å². The predicted molar refractivity (Wildman–Crippen MR) is 132 cm³/mol. The van der Waals surface area contributed by atoms with Gasteiger partial charge in [0.2, 0.25) is 11.8 Å². The summed E-state index contributed by atoms with van der Waals surface area (Å²) in [6, 6.07) is 15.3. The van der Waals surface area contributed by atoms with Gasteiger partial charge in [-0.1, -0.05) is 50.2 Å². The monoisotopic (exact) mass is 454 g/mol. The molecule has 0 aliphatic rings. The molecule has 2 aromatic rings. The number of nitrogens with zero attached hydrogens (tertiary/aromatic N) is 1. The summed E-state index contributed by atoms with van der Waals surface area (Å²) in [6.45, 7) is 6.48. The molecule has 0 aromatic heterocycles. The lowest BCUT2D eigenvalue weighted by Gasteiger charge is -2.31. The lowest BCUT2D eigenvalue weighted by atomic mass is 10.0. The fourth-order valence-corrected chi connectivity index (χ4v) is 3.77. The van der Waals surface area contributed by atoms with Crippen molar-refractivity contribution in [2.75, 3.05) is 20.8 Å². The van der Waals surface area contributed by atoms with Gasteiger partial charge in [-0.3, -0.25) is 9.59 Å². The molecule has 2 rings (SSSR count). The van der Waals surface area contributed by atoms with Crippen molar-refractivity contribution in [2.45, 2.75) is 65.0 Å². The molecule has 0 heterocycles. The Balaban J connectivity index is 2.16. The highest BCUT2D eigenvalue weighted by Crippen LogP contribution is 2.28. The second-order valence-electron chi connectivity index (χ2n) is 8.25. The van der Waals surface area contributed by atoms with Crippen LogP contribution in [-0.2, 0) is 22.4 Å². The van der Waals surface area contributed by atoms with Crippen molar-refractivity contribution >= 4 is 11.8 Å². The van der Waals surface area contributed by atoms with E-state index in [0.717, 1.165) is 17.5 Å². The third-order valence-electron chi connectivity index (χ3n) is 5.95. The highest BCUT2D eigenvalue weighted by Gasteiger charge is 2.28. The third kappa shape index (κ3) is 7.81. The molecule has 0 aliphatic heterocycles. The second-order valence-corrected chi connectivity index (χ2v) is 8.25. The molecule has 2 aromatic carbocycles. The molecule has 2 atom stereocenters. The van der Waals surface area contributed by atoms with Crippen LogP contribution in [0.15, 0.2) is 48.5 Å². The maximum absolute atomic E-state index is 13.4. The van der Waals surface area contributed by atoms with Crippen LogP contribution in [0.1, 0.15) is 51.2 Å². The smallest absolute Gasteiger partial charge is 0.243 e. The highest BCUT2D eigenvalue weighted by atomic mass is 16.5. The summed E-state index contributed by atoms with van der Waals surface area (Å²) in [6.07, 6.45) is 3.00. The van der Waals surface area contributed by atoms with E-state index < -0.39 is 6.04 Å². The van der Waals surface area contributed by atoms with Crippen molar-refractivity contribution in [3.8, 4) is 11.5 Å². The van der Waals surface area contributed by atoms with Gasteiger partial charge in [0.25, 0.3) is 0 Å². The standard InChI is InChI=1S/C27H38N2O4/c1-6-20(3)28-27(31)23(7-2)29(18-17-21-11-9-8-10-12-21)26(30)16-14-22-13-15-24(32-4)25(19-22)33-5/h8-13,15,19-20,23H,6-7,14,16-18H2,1-5H3,(H,28,31)/t20-,23+/m0/s1. The number of rotatable bonds is 13. The number of amides is 2. The summed E-state index contributed by atoms with van der Waals surface area (Å²) in [7, 11) is 3.20. The Morgan fingerprint density at radius 1 is 0.909 bits per heavy atom. The molecular weight excluding hydrogens is 416 g/mol. The number of methoxy groups -OCH3 is 2. The van der Waals surface area contributed by atoms with Crippen LogP contribution < -0.4 is 14.8 Å². The van der Waals surface area contributed by atoms with E-state index in [1.807, 2.05) is 69.3 Å². The average molecular weight is 455 g/mol. The lowest BCUT2D eigenvalue weighted by molar-refractivity contribution is -0.141. The van der Waals surface area contributed by atoms with Crippen LogP contribution >= 0.6 is 0 Å². The van der Waals surface area contributed by atoms with E-state index in [2.05, 4.69) is 5.32 Å². The van der Waals surface area contributed by atoms with E-state index >= 15 is 0 Å². The first-order valence-electron chi connectivity index (χ1n) is 11.8. The summed E-state index contributed by atoms with van der Waals surface area (Å²) >= 11 is 0. The minimum absolute atomic E-state index is 0.0214. The van der Waals surface area contributed by atoms with Crippen LogP contribution in [-0.4, -0.2) is 49.6 Å². The molecule has 0 saturated heterocycles. The zero-order valence-electron chi connectivity index (χ0n) is 20.6. The number of hydrogen-bond donors (Lipinski definition) is 1. The Bertz CT molecular complexity index is 885. The highest BCUT2D eigenvalue weighted by molar-refractivity contribution is 5.88. The minimum Gasteiger partial charge on any atom is -0.493 e. The molecule has 0 fully saturated rings. The zero-order valence-corrected chi connectivity index (χ0v) is 20.6. The van der Waals surface area contributed by atoms with Crippen molar-refractivity contribution in [2.24, 2.45) is 0 Å². The van der Waals surface area contributed by atoms with Gasteiger partial charge in [0.05, 0.1) is 14.2 Å². The van der Waals surface area contributed by atoms with E-state index in [1.165, 1.54) is 0 Å². The topological polar surface area (TPSA) is 67.9 Å². The number of nitrogens with one attached hydrogen (secondary N) is 1. The number of benzene rings is 2. The van der Waals surface area contributed by atoms with Gasteiger partial charge >= 0.3 is 0 Å². The molecule has 2 amide bonds. The summed E-state index contributed by atoms with van der Waals surface area (Å²) in [5.41, 5.74) is 2.13. The van der Waals surface area contributed by atoms with E-state index in [9.17, 15) is 9.59 Å². The first kappa shape index (κ1) is 26.2. The number of ether oxygens (including phenoxy) is 2. The number of aryl methyl sites for hydroxylation is 1. The van der Waals surface area contributed by atoms with Gasteiger partial charge < -0.3 is 19.7 Å². The van der Waals surface area contributed by atoms with Crippen LogP contribution in [0.25, 0.3) is 0 Å². The Kier molecular flexibility index (Phi) is 10.7. The number of carbonyl (C=O) groups excluding carboxylic acids is 2. The number of carbonyl (C=O) groups is 2. The van der Waals surface area contributed by atoms with Gasteiger partial charge in [-0.25, -0.2) is 0 Å². The molecule has 33 heavy (non-hydrogen) atoms. The molecule has 1 N–H and O–H groups in total. The quantitative estimate of drug-likeness (QED) is 0.487. The molecule has 0 bridgehead atoms. The summed E-state index contributed by atoms with van der Waals surface area (Å²) in [4.78, 5) is 28.1. The Morgan fingerprint density at radius 2 is 1.61 bits per heavy atom. The van der Waals surface area contributed by atoms with E-state index in [4.69, 9.17) is 9.47 Å². The third-order valence-corrected chi connectivity index (χ3v) is 5.95. The molecule has 0 unspecified atom stereocenters. The van der Waals surface area contributed by atoms with Gasteiger partial charge in [0, 0.05) is 19.0 Å². The lowest BCUT2D eigenvalue weighted by Crippen LogP contribution is -2.51. The van der Waals surface area contributed by atoms with Crippen molar-refractivity contribution in [1.82, 2.24) is 10.2 Å². The van der Waals surface area contributed by atoms with Crippen LogP contribution in [0.3, 0.4) is 0 Å². The molecule has 6 nitrogen and oxygen atoms in total. The summed E-state index contributed by atoms with van der Waals surface area (Å²) < 4.78 is 10.7. The normalized spacial score (nSPS) is 12.5. The van der Waals surface area contributed by atoms with Gasteiger partial charge in [0.1, 0.15) is 6.04 Å². The van der Waals surface area contributed by atoms with Gasteiger partial charge in [-0.2, -0.15) is 0 Å². The van der Waals surface area contributed by atoms with Gasteiger partial charge in [-0.05, 0) is 55.9 Å².